The monoisotopic (exact) mass is 283 g/mol. The van der Waals surface area contributed by atoms with Crippen LogP contribution in [0.5, 0.6) is 11.5 Å². The molecule has 0 aliphatic carbocycles. The van der Waals surface area contributed by atoms with Crippen LogP contribution in [0.1, 0.15) is 16.9 Å². The van der Waals surface area contributed by atoms with E-state index in [-0.39, 0.29) is 11.9 Å². The maximum absolute atomic E-state index is 12.3. The van der Waals surface area contributed by atoms with Crippen LogP contribution in [0.4, 0.5) is 0 Å². The van der Waals surface area contributed by atoms with E-state index in [0.717, 1.165) is 12.2 Å². The average Bonchev–Trinajstić information content (AvgIpc) is 2.94. The van der Waals surface area contributed by atoms with Gasteiger partial charge in [0, 0.05) is 31.4 Å². The van der Waals surface area contributed by atoms with E-state index in [0.29, 0.717) is 24.5 Å². The van der Waals surface area contributed by atoms with Crippen molar-refractivity contribution >= 4 is 5.91 Å². The lowest BCUT2D eigenvalue weighted by Crippen LogP contribution is -2.32. The van der Waals surface area contributed by atoms with Gasteiger partial charge < -0.3 is 15.4 Å². The van der Waals surface area contributed by atoms with Gasteiger partial charge in [0.1, 0.15) is 17.2 Å². The number of pyridine rings is 1. The lowest BCUT2D eigenvalue weighted by Gasteiger charge is -2.15. The molecule has 1 aromatic heterocycles. The zero-order chi connectivity index (χ0) is 14.7. The molecule has 21 heavy (non-hydrogen) atoms. The van der Waals surface area contributed by atoms with Gasteiger partial charge in [0.15, 0.2) is 0 Å². The first kappa shape index (κ1) is 13.6. The van der Waals surface area contributed by atoms with Gasteiger partial charge in [-0.3, -0.25) is 9.78 Å². The van der Waals surface area contributed by atoms with E-state index in [4.69, 9.17) is 10.5 Å². The summed E-state index contributed by atoms with van der Waals surface area (Å²) >= 11 is 0. The Kier molecular flexibility index (Phi) is 3.83. The van der Waals surface area contributed by atoms with Crippen LogP contribution < -0.4 is 10.5 Å². The van der Waals surface area contributed by atoms with Crippen LogP contribution in [0.25, 0.3) is 0 Å². The van der Waals surface area contributed by atoms with Crippen LogP contribution in [0.3, 0.4) is 0 Å². The highest BCUT2D eigenvalue weighted by Crippen LogP contribution is 2.21. The van der Waals surface area contributed by atoms with Crippen LogP contribution in [-0.2, 0) is 0 Å². The predicted molar refractivity (Wildman–Crippen MR) is 79.2 cm³/mol. The number of benzene rings is 1. The summed E-state index contributed by atoms with van der Waals surface area (Å²) in [4.78, 5) is 18.2. The summed E-state index contributed by atoms with van der Waals surface area (Å²) in [6, 6.07) is 12.9. The Labute approximate surface area is 123 Å². The van der Waals surface area contributed by atoms with E-state index in [1.807, 2.05) is 30.3 Å². The van der Waals surface area contributed by atoms with E-state index in [9.17, 15) is 4.79 Å². The first-order chi connectivity index (χ1) is 10.2. The largest absolute Gasteiger partial charge is 0.457 e. The smallest absolute Gasteiger partial charge is 0.272 e. The quantitative estimate of drug-likeness (QED) is 0.936. The van der Waals surface area contributed by atoms with Crippen LogP contribution in [0, 0.1) is 0 Å². The van der Waals surface area contributed by atoms with Crippen molar-refractivity contribution in [2.75, 3.05) is 13.1 Å². The van der Waals surface area contributed by atoms with E-state index in [2.05, 4.69) is 4.98 Å². The van der Waals surface area contributed by atoms with Crippen molar-refractivity contribution in [3.8, 4) is 11.5 Å². The number of nitrogens with zero attached hydrogens (tertiary/aromatic N) is 2. The predicted octanol–water partition coefficient (Wildman–Crippen LogP) is 2.05. The minimum Gasteiger partial charge on any atom is -0.457 e. The van der Waals surface area contributed by atoms with E-state index >= 15 is 0 Å². The number of hydrogen-bond donors (Lipinski definition) is 1. The molecule has 1 unspecified atom stereocenters. The first-order valence-corrected chi connectivity index (χ1v) is 6.96. The molecule has 5 heteroatoms. The highest BCUT2D eigenvalue weighted by Gasteiger charge is 2.25. The minimum absolute atomic E-state index is 0.0673. The topological polar surface area (TPSA) is 68.5 Å². The highest BCUT2D eigenvalue weighted by molar-refractivity contribution is 5.92. The Balaban J connectivity index is 1.75. The lowest BCUT2D eigenvalue weighted by atomic mass is 10.3. The number of carbonyl (C=O) groups excluding carboxylic acids is 1. The first-order valence-electron chi connectivity index (χ1n) is 6.96. The normalized spacial score (nSPS) is 17.8. The van der Waals surface area contributed by atoms with Crippen LogP contribution in [0.15, 0.2) is 48.7 Å². The maximum atomic E-state index is 12.3. The number of rotatable bonds is 3. The van der Waals surface area contributed by atoms with Gasteiger partial charge in [0.2, 0.25) is 0 Å². The molecule has 1 aromatic carbocycles. The van der Waals surface area contributed by atoms with Crippen molar-refractivity contribution in [1.82, 2.24) is 9.88 Å². The number of para-hydroxylation sites is 1. The van der Waals surface area contributed by atoms with Gasteiger partial charge in [-0.2, -0.15) is 0 Å². The summed E-state index contributed by atoms with van der Waals surface area (Å²) in [7, 11) is 0. The summed E-state index contributed by atoms with van der Waals surface area (Å²) in [6.45, 7) is 1.27. The molecule has 1 aliphatic heterocycles. The second-order valence-electron chi connectivity index (χ2n) is 5.09. The Bertz CT molecular complexity index is 630. The zero-order valence-electron chi connectivity index (χ0n) is 11.6. The third-order valence-corrected chi connectivity index (χ3v) is 3.44. The Morgan fingerprint density at radius 2 is 2.05 bits per heavy atom. The van der Waals surface area contributed by atoms with Crippen molar-refractivity contribution in [3.63, 3.8) is 0 Å². The van der Waals surface area contributed by atoms with Gasteiger partial charge in [-0.15, -0.1) is 0 Å². The number of likely N-dealkylation sites (tertiary alicyclic amines) is 1. The van der Waals surface area contributed by atoms with E-state index in [1.165, 1.54) is 0 Å². The Hall–Kier alpha value is -2.40. The van der Waals surface area contributed by atoms with Gasteiger partial charge >= 0.3 is 0 Å². The molecule has 5 nitrogen and oxygen atoms in total. The molecule has 1 aliphatic rings. The number of ether oxygens (including phenoxy) is 1. The average molecular weight is 283 g/mol. The summed E-state index contributed by atoms with van der Waals surface area (Å²) in [5.74, 6) is 1.23. The minimum atomic E-state index is -0.0959. The molecule has 108 valence electrons. The van der Waals surface area contributed by atoms with Crippen molar-refractivity contribution < 1.29 is 9.53 Å². The second-order valence-corrected chi connectivity index (χ2v) is 5.09. The zero-order valence-corrected chi connectivity index (χ0v) is 11.6. The molecule has 0 bridgehead atoms. The molecule has 1 fully saturated rings. The second kappa shape index (κ2) is 5.93. The lowest BCUT2D eigenvalue weighted by molar-refractivity contribution is 0.0784. The van der Waals surface area contributed by atoms with Crippen molar-refractivity contribution in [3.05, 3.63) is 54.4 Å². The molecule has 0 radical (unpaired) electrons. The molecular formula is C16H17N3O2. The van der Waals surface area contributed by atoms with Gasteiger partial charge in [0.05, 0.1) is 0 Å². The SMILES string of the molecule is NC1CCN(C(=O)c2cc(Oc3ccccc3)ccn2)C1. The number of carbonyl (C=O) groups is 1. The molecule has 2 aromatic rings. The molecule has 2 N–H and O–H groups in total. The van der Waals surface area contributed by atoms with Crippen LogP contribution in [0.2, 0.25) is 0 Å². The summed E-state index contributed by atoms with van der Waals surface area (Å²) in [5.41, 5.74) is 6.22. The maximum Gasteiger partial charge on any atom is 0.272 e. The van der Waals surface area contributed by atoms with Gasteiger partial charge in [0.25, 0.3) is 5.91 Å². The summed E-state index contributed by atoms with van der Waals surface area (Å²) in [6.07, 6.45) is 2.42. The molecular weight excluding hydrogens is 266 g/mol. The number of hydrogen-bond acceptors (Lipinski definition) is 4. The standard InChI is InChI=1S/C16H17N3O2/c17-12-7-9-19(11-12)16(20)15-10-14(6-8-18-15)21-13-4-2-1-3-5-13/h1-6,8,10,12H,7,9,11,17H2. The Morgan fingerprint density at radius 3 is 2.76 bits per heavy atom. The molecule has 0 spiro atoms. The molecule has 2 heterocycles. The van der Waals surface area contributed by atoms with E-state index < -0.39 is 0 Å². The van der Waals surface area contributed by atoms with Crippen molar-refractivity contribution in [2.24, 2.45) is 5.73 Å². The van der Waals surface area contributed by atoms with Crippen molar-refractivity contribution in [2.45, 2.75) is 12.5 Å². The van der Waals surface area contributed by atoms with Gasteiger partial charge in [-0.25, -0.2) is 0 Å². The fraction of sp³-hybridized carbons (Fsp3) is 0.250. The summed E-state index contributed by atoms with van der Waals surface area (Å²) in [5, 5.41) is 0. The van der Waals surface area contributed by atoms with Gasteiger partial charge in [-0.05, 0) is 24.6 Å². The number of aromatic nitrogens is 1. The van der Waals surface area contributed by atoms with Gasteiger partial charge in [-0.1, -0.05) is 18.2 Å². The Morgan fingerprint density at radius 1 is 1.24 bits per heavy atom. The summed E-state index contributed by atoms with van der Waals surface area (Å²) < 4.78 is 5.72. The molecule has 1 amide bonds. The molecule has 0 saturated carbocycles. The van der Waals surface area contributed by atoms with Crippen LogP contribution >= 0.6 is 0 Å². The molecule has 1 saturated heterocycles. The fourth-order valence-electron chi connectivity index (χ4n) is 2.35. The van der Waals surface area contributed by atoms with Crippen molar-refractivity contribution in [1.29, 1.82) is 0 Å². The highest BCUT2D eigenvalue weighted by atomic mass is 16.5. The van der Waals surface area contributed by atoms with E-state index in [1.54, 1.807) is 23.2 Å². The molecule has 1 atom stereocenters. The van der Waals surface area contributed by atoms with Crippen LogP contribution in [-0.4, -0.2) is 34.9 Å². The third-order valence-electron chi connectivity index (χ3n) is 3.44. The number of amides is 1. The molecule has 3 rings (SSSR count). The third kappa shape index (κ3) is 3.20. The fourth-order valence-corrected chi connectivity index (χ4v) is 2.35. The number of nitrogens with two attached hydrogens (primary N) is 1.